The fraction of sp³-hybridized carbons (Fsp3) is 0.310. The number of imidazole rings is 1. The van der Waals surface area contributed by atoms with Crippen LogP contribution in [0.1, 0.15) is 51.3 Å². The molecule has 180 valence electrons. The monoisotopic (exact) mass is 470 g/mol. The third kappa shape index (κ3) is 4.18. The molecule has 0 saturated heterocycles. The molecule has 0 fully saturated rings. The van der Waals surface area contributed by atoms with Crippen LogP contribution >= 0.6 is 0 Å². The van der Waals surface area contributed by atoms with Crippen molar-refractivity contribution in [2.24, 2.45) is 0 Å². The van der Waals surface area contributed by atoms with Crippen LogP contribution in [0.15, 0.2) is 61.1 Å². The van der Waals surface area contributed by atoms with Gasteiger partial charge in [-0.15, -0.1) is 0 Å². The normalized spacial score (nSPS) is 12.5. The highest BCUT2D eigenvalue weighted by Gasteiger charge is 2.30. The Hall–Kier alpha value is -3.67. The van der Waals surface area contributed by atoms with Crippen molar-refractivity contribution >= 4 is 16.7 Å². The van der Waals surface area contributed by atoms with Crippen LogP contribution in [-0.2, 0) is 17.3 Å². The summed E-state index contributed by atoms with van der Waals surface area (Å²) in [5, 5.41) is 0. The summed E-state index contributed by atoms with van der Waals surface area (Å²) in [6.07, 6.45) is 6.44. The van der Waals surface area contributed by atoms with Gasteiger partial charge in [-0.2, -0.15) is 0 Å². The Bertz CT molecular complexity index is 1500. The van der Waals surface area contributed by atoms with Crippen LogP contribution in [0.2, 0.25) is 0 Å². The number of benzene rings is 1. The average molecular weight is 471 g/mol. The van der Waals surface area contributed by atoms with Crippen molar-refractivity contribution in [3.05, 3.63) is 83.6 Å². The lowest BCUT2D eigenvalue weighted by atomic mass is 9.75. The zero-order chi connectivity index (χ0) is 25.0. The van der Waals surface area contributed by atoms with Gasteiger partial charge in [-0.05, 0) is 70.3 Å². The van der Waals surface area contributed by atoms with E-state index in [1.807, 2.05) is 24.4 Å². The first-order valence-electron chi connectivity index (χ1n) is 11.9. The molecule has 5 aromatic rings. The van der Waals surface area contributed by atoms with Crippen molar-refractivity contribution in [3.63, 3.8) is 0 Å². The van der Waals surface area contributed by atoms with Crippen molar-refractivity contribution in [1.82, 2.24) is 19.4 Å². The van der Waals surface area contributed by atoms with Crippen LogP contribution in [-0.4, -0.2) is 26.5 Å². The Balaban J connectivity index is 1.69. The molecule has 4 heterocycles. The lowest BCUT2D eigenvalue weighted by Gasteiger charge is -2.29. The number of rotatable bonds is 5. The number of hydrogen-bond acceptors (Lipinski definition) is 3. The highest BCUT2D eigenvalue weighted by Crippen LogP contribution is 2.40. The van der Waals surface area contributed by atoms with E-state index in [-0.39, 0.29) is 16.6 Å². The second-order valence-corrected chi connectivity index (χ2v) is 10.8. The summed E-state index contributed by atoms with van der Waals surface area (Å²) >= 11 is 0. The molecular weight excluding hydrogens is 439 g/mol. The molecule has 0 bridgehead atoms. The van der Waals surface area contributed by atoms with Crippen LogP contribution in [0.5, 0.6) is 5.75 Å². The topological polar surface area (TPSA) is 55.2 Å². The number of hydrogen-bond donors (Lipinski definition) is 1. The van der Waals surface area contributed by atoms with Gasteiger partial charge < -0.3 is 14.1 Å². The molecule has 5 rings (SSSR count). The molecule has 0 aliphatic heterocycles. The molecule has 35 heavy (non-hydrogen) atoms. The molecule has 0 saturated carbocycles. The summed E-state index contributed by atoms with van der Waals surface area (Å²) in [5.41, 5.74) is 6.00. The first-order valence-corrected chi connectivity index (χ1v) is 11.9. The maximum Gasteiger partial charge on any atom is 0.157 e. The van der Waals surface area contributed by atoms with Gasteiger partial charge in [0, 0.05) is 30.2 Å². The molecule has 1 N–H and O–H groups in total. The summed E-state index contributed by atoms with van der Waals surface area (Å²) in [6, 6.07) is 13.3. The minimum absolute atomic E-state index is 0.234. The highest BCUT2D eigenvalue weighted by molar-refractivity contribution is 5.78. The van der Waals surface area contributed by atoms with Gasteiger partial charge in [0.2, 0.25) is 0 Å². The Morgan fingerprint density at radius 2 is 1.77 bits per heavy atom. The van der Waals surface area contributed by atoms with E-state index in [0.717, 1.165) is 44.9 Å². The Labute approximate surface area is 205 Å². The van der Waals surface area contributed by atoms with Gasteiger partial charge in [0.25, 0.3) is 0 Å². The number of methoxy groups -OCH3 is 1. The molecule has 0 unspecified atom stereocenters. The molecule has 0 aliphatic rings. The Kier molecular flexibility index (Phi) is 5.42. The van der Waals surface area contributed by atoms with Gasteiger partial charge in [0.15, 0.2) is 5.65 Å². The maximum atomic E-state index is 15.1. The van der Waals surface area contributed by atoms with Gasteiger partial charge in [0.1, 0.15) is 22.9 Å². The maximum absolute atomic E-state index is 15.1. The Morgan fingerprint density at radius 1 is 1.00 bits per heavy atom. The standard InChI is InChI=1S/C29H31FN4O/c1-28(2,3)22-15-19(30)14-18(25(22)27-32-23-8-7-11-31-26(23)33-27)17-29(4,5)21-10-13-34-12-9-20(35-6)16-24(21)34/h7-16H,17H2,1-6H3,(H,31,32,33). The predicted octanol–water partition coefficient (Wildman–Crippen LogP) is 6.84. The fourth-order valence-corrected chi connectivity index (χ4v) is 4.99. The van der Waals surface area contributed by atoms with E-state index < -0.39 is 0 Å². The van der Waals surface area contributed by atoms with E-state index in [1.165, 1.54) is 5.56 Å². The minimum atomic E-state index is -0.289. The van der Waals surface area contributed by atoms with E-state index in [0.29, 0.717) is 6.42 Å². The number of H-pyrrole nitrogens is 1. The zero-order valence-electron chi connectivity index (χ0n) is 21.1. The SMILES string of the molecule is COc1ccn2ccc(C(C)(C)Cc3cc(F)cc(C(C)(C)C)c3-c3nc4cccnc4[nH]3)c2c1. The molecular formula is C29H31FN4O. The summed E-state index contributed by atoms with van der Waals surface area (Å²) < 4.78 is 22.6. The molecule has 0 amide bonds. The second kappa shape index (κ2) is 8.22. The third-order valence-corrected chi connectivity index (χ3v) is 6.72. The number of aromatic nitrogens is 4. The van der Waals surface area contributed by atoms with Crippen LogP contribution in [0, 0.1) is 5.82 Å². The molecule has 0 spiro atoms. The number of fused-ring (bicyclic) bond motifs is 2. The number of aromatic amines is 1. The summed E-state index contributed by atoms with van der Waals surface area (Å²) in [7, 11) is 1.68. The first kappa shape index (κ1) is 23.1. The van der Waals surface area contributed by atoms with E-state index in [2.05, 4.69) is 67.3 Å². The van der Waals surface area contributed by atoms with E-state index in [4.69, 9.17) is 9.72 Å². The molecule has 1 aromatic carbocycles. The number of halogens is 1. The van der Waals surface area contributed by atoms with Gasteiger partial charge in [-0.25, -0.2) is 14.4 Å². The quantitative estimate of drug-likeness (QED) is 0.306. The van der Waals surface area contributed by atoms with E-state index in [1.54, 1.807) is 25.4 Å². The fourth-order valence-electron chi connectivity index (χ4n) is 4.99. The van der Waals surface area contributed by atoms with Crippen molar-refractivity contribution < 1.29 is 9.13 Å². The van der Waals surface area contributed by atoms with Crippen LogP contribution in [0.4, 0.5) is 4.39 Å². The van der Waals surface area contributed by atoms with Crippen LogP contribution in [0.3, 0.4) is 0 Å². The van der Waals surface area contributed by atoms with Gasteiger partial charge in [0.05, 0.1) is 12.6 Å². The predicted molar refractivity (Wildman–Crippen MR) is 139 cm³/mol. The molecule has 5 nitrogen and oxygen atoms in total. The molecule has 0 radical (unpaired) electrons. The number of nitrogens with one attached hydrogen (secondary N) is 1. The largest absolute Gasteiger partial charge is 0.497 e. The minimum Gasteiger partial charge on any atom is -0.497 e. The van der Waals surface area contributed by atoms with Gasteiger partial charge >= 0.3 is 0 Å². The van der Waals surface area contributed by atoms with Crippen molar-refractivity contribution in [2.45, 2.75) is 51.9 Å². The van der Waals surface area contributed by atoms with Crippen molar-refractivity contribution in [1.29, 1.82) is 0 Å². The summed E-state index contributed by atoms with van der Waals surface area (Å²) in [4.78, 5) is 12.7. The smallest absolute Gasteiger partial charge is 0.157 e. The lowest BCUT2D eigenvalue weighted by Crippen LogP contribution is -2.23. The number of nitrogens with zero attached hydrogens (tertiary/aromatic N) is 3. The van der Waals surface area contributed by atoms with E-state index in [9.17, 15) is 0 Å². The third-order valence-electron chi connectivity index (χ3n) is 6.72. The Morgan fingerprint density at radius 3 is 2.49 bits per heavy atom. The van der Waals surface area contributed by atoms with Crippen LogP contribution in [0.25, 0.3) is 28.1 Å². The second-order valence-electron chi connectivity index (χ2n) is 10.8. The summed E-state index contributed by atoms with van der Waals surface area (Å²) in [5.74, 6) is 1.30. The lowest BCUT2D eigenvalue weighted by molar-refractivity contribution is 0.414. The first-order chi connectivity index (χ1) is 16.6. The van der Waals surface area contributed by atoms with Gasteiger partial charge in [-0.3, -0.25) is 0 Å². The number of pyridine rings is 2. The highest BCUT2D eigenvalue weighted by atomic mass is 19.1. The van der Waals surface area contributed by atoms with Crippen LogP contribution < -0.4 is 4.74 Å². The van der Waals surface area contributed by atoms with Crippen molar-refractivity contribution in [2.75, 3.05) is 7.11 Å². The van der Waals surface area contributed by atoms with Gasteiger partial charge in [-0.1, -0.05) is 34.6 Å². The molecule has 6 heteroatoms. The molecule has 4 aromatic heterocycles. The van der Waals surface area contributed by atoms with Crippen molar-refractivity contribution in [3.8, 4) is 17.1 Å². The zero-order valence-corrected chi connectivity index (χ0v) is 21.1. The molecule has 0 atom stereocenters. The van der Waals surface area contributed by atoms with E-state index >= 15 is 4.39 Å². The summed E-state index contributed by atoms with van der Waals surface area (Å²) in [6.45, 7) is 10.7. The number of ether oxygens (including phenoxy) is 1. The average Bonchev–Trinajstić information content (AvgIpc) is 3.41. The molecule has 0 aliphatic carbocycles.